The van der Waals surface area contributed by atoms with Gasteiger partial charge in [0.2, 0.25) is 5.95 Å². The molecule has 1 aliphatic rings. The van der Waals surface area contributed by atoms with Crippen molar-refractivity contribution in [1.82, 2.24) is 9.97 Å². The van der Waals surface area contributed by atoms with E-state index in [4.69, 9.17) is 0 Å². The molecule has 1 saturated carbocycles. The second kappa shape index (κ2) is 5.22. The molecule has 0 unspecified atom stereocenters. The van der Waals surface area contributed by atoms with Gasteiger partial charge in [0.25, 0.3) is 0 Å². The van der Waals surface area contributed by atoms with Crippen molar-refractivity contribution in [3.63, 3.8) is 0 Å². The Morgan fingerprint density at radius 1 is 1.37 bits per heavy atom. The smallest absolute Gasteiger partial charge is 0.357 e. The minimum atomic E-state index is -4.46. The molecule has 0 spiro atoms. The number of nitrogens with zero attached hydrogens (tertiary/aromatic N) is 3. The fourth-order valence-corrected chi connectivity index (χ4v) is 1.96. The Morgan fingerprint density at radius 2 is 2.05 bits per heavy atom. The maximum absolute atomic E-state index is 12.8. The molecule has 2 rings (SSSR count). The van der Waals surface area contributed by atoms with Crippen molar-refractivity contribution in [3.05, 3.63) is 11.8 Å². The third-order valence-electron chi connectivity index (χ3n) is 3.32. The predicted molar refractivity (Wildman–Crippen MR) is 67.2 cm³/mol. The summed E-state index contributed by atoms with van der Waals surface area (Å²) in [5.74, 6) is 0.349. The van der Waals surface area contributed by atoms with Gasteiger partial charge in [0, 0.05) is 25.7 Å². The van der Waals surface area contributed by atoms with Gasteiger partial charge in [-0.1, -0.05) is 0 Å². The summed E-state index contributed by atoms with van der Waals surface area (Å²) in [6, 6.07) is 1.30. The normalized spacial score (nSPS) is 16.1. The highest BCUT2D eigenvalue weighted by Crippen LogP contribution is 2.33. The average molecular weight is 274 g/mol. The van der Waals surface area contributed by atoms with E-state index < -0.39 is 11.9 Å². The summed E-state index contributed by atoms with van der Waals surface area (Å²) in [5.41, 5.74) is -0.903. The molecule has 0 aliphatic heterocycles. The molecule has 0 atom stereocenters. The van der Waals surface area contributed by atoms with Gasteiger partial charge in [-0.15, -0.1) is 0 Å². The predicted octanol–water partition coefficient (Wildman–Crippen LogP) is 2.92. The lowest BCUT2D eigenvalue weighted by Crippen LogP contribution is -2.38. The van der Waals surface area contributed by atoms with Gasteiger partial charge in [-0.25, -0.2) is 4.98 Å². The second-order valence-electron chi connectivity index (χ2n) is 4.66. The highest BCUT2D eigenvalue weighted by atomic mass is 19.4. The van der Waals surface area contributed by atoms with Crippen molar-refractivity contribution in [2.45, 2.75) is 38.4 Å². The van der Waals surface area contributed by atoms with Crippen LogP contribution in [0.25, 0.3) is 0 Å². The van der Waals surface area contributed by atoms with Gasteiger partial charge in [0.05, 0.1) is 0 Å². The zero-order valence-electron chi connectivity index (χ0n) is 11.0. The van der Waals surface area contributed by atoms with E-state index in [1.54, 1.807) is 18.9 Å². The van der Waals surface area contributed by atoms with Crippen molar-refractivity contribution in [2.24, 2.45) is 0 Å². The largest absolute Gasteiger partial charge is 0.433 e. The molecule has 0 saturated heterocycles. The number of nitrogens with one attached hydrogen (secondary N) is 1. The Morgan fingerprint density at radius 3 is 2.53 bits per heavy atom. The zero-order chi connectivity index (χ0) is 14.0. The number of hydrogen-bond acceptors (Lipinski definition) is 4. The van der Waals surface area contributed by atoms with Crippen LogP contribution in [0, 0.1) is 0 Å². The Bertz CT molecular complexity index is 443. The van der Waals surface area contributed by atoms with Crippen molar-refractivity contribution in [2.75, 3.05) is 23.8 Å². The van der Waals surface area contributed by atoms with E-state index in [9.17, 15) is 13.2 Å². The summed E-state index contributed by atoms with van der Waals surface area (Å²) in [6.45, 7) is 2.27. The Hall–Kier alpha value is -1.53. The quantitative estimate of drug-likeness (QED) is 0.916. The van der Waals surface area contributed by atoms with Gasteiger partial charge in [-0.3, -0.25) is 0 Å². The highest BCUT2D eigenvalue weighted by Gasteiger charge is 2.34. The lowest BCUT2D eigenvalue weighted by Gasteiger charge is -2.35. The molecule has 1 aromatic heterocycles. The lowest BCUT2D eigenvalue weighted by atomic mass is 9.92. The minimum Gasteiger partial charge on any atom is -0.357 e. The Balaban J connectivity index is 2.33. The highest BCUT2D eigenvalue weighted by molar-refractivity contribution is 5.46. The molecule has 1 N–H and O–H groups in total. The van der Waals surface area contributed by atoms with Gasteiger partial charge < -0.3 is 10.2 Å². The average Bonchev–Trinajstić information content (AvgIpc) is 2.25. The van der Waals surface area contributed by atoms with Crippen LogP contribution >= 0.6 is 0 Å². The molecule has 7 heteroatoms. The van der Waals surface area contributed by atoms with Crippen LogP contribution in [0.3, 0.4) is 0 Å². The van der Waals surface area contributed by atoms with Gasteiger partial charge in [0.15, 0.2) is 5.69 Å². The number of anilines is 2. The molecule has 1 aromatic rings. The molecule has 106 valence electrons. The SMILES string of the molecule is CCNc1nc(N(C)C2CCC2)cc(C(F)(F)F)n1. The molecule has 0 bridgehead atoms. The molecule has 0 aromatic carbocycles. The lowest BCUT2D eigenvalue weighted by molar-refractivity contribution is -0.141. The maximum atomic E-state index is 12.8. The number of aromatic nitrogens is 2. The number of alkyl halides is 3. The van der Waals surface area contributed by atoms with E-state index in [1.165, 1.54) is 0 Å². The third-order valence-corrected chi connectivity index (χ3v) is 3.32. The first-order valence-corrected chi connectivity index (χ1v) is 6.34. The molecular weight excluding hydrogens is 257 g/mol. The van der Waals surface area contributed by atoms with Crippen molar-refractivity contribution < 1.29 is 13.2 Å². The van der Waals surface area contributed by atoms with Gasteiger partial charge in [0.1, 0.15) is 5.82 Å². The van der Waals surface area contributed by atoms with Crippen LogP contribution in [0.5, 0.6) is 0 Å². The van der Waals surface area contributed by atoms with E-state index in [-0.39, 0.29) is 12.0 Å². The summed E-state index contributed by atoms with van der Waals surface area (Å²) in [6.07, 6.45) is -1.34. The topological polar surface area (TPSA) is 41.1 Å². The Labute approximate surface area is 110 Å². The molecule has 1 fully saturated rings. The minimum absolute atomic E-state index is 0.0264. The van der Waals surface area contributed by atoms with Crippen molar-refractivity contribution in [3.8, 4) is 0 Å². The van der Waals surface area contributed by atoms with E-state index in [1.807, 2.05) is 0 Å². The van der Waals surface area contributed by atoms with E-state index in [0.29, 0.717) is 12.4 Å². The zero-order valence-corrected chi connectivity index (χ0v) is 11.0. The van der Waals surface area contributed by atoms with Crippen LogP contribution in [-0.2, 0) is 6.18 Å². The summed E-state index contributed by atoms with van der Waals surface area (Å²) in [5, 5.41) is 2.74. The molecule has 0 radical (unpaired) electrons. The van der Waals surface area contributed by atoms with Crippen LogP contribution < -0.4 is 10.2 Å². The summed E-state index contributed by atoms with van der Waals surface area (Å²) < 4.78 is 38.4. The molecule has 1 aliphatic carbocycles. The van der Waals surface area contributed by atoms with Crippen LogP contribution in [-0.4, -0.2) is 29.6 Å². The fourth-order valence-electron chi connectivity index (χ4n) is 1.96. The molecular formula is C12H17F3N4. The standard InChI is InChI=1S/C12H17F3N4/c1-3-16-11-17-9(12(13,14)15)7-10(18-11)19(2)8-5-4-6-8/h7-8H,3-6H2,1-2H3,(H,16,17,18). The fraction of sp³-hybridized carbons (Fsp3) is 0.667. The van der Waals surface area contributed by atoms with Crippen LogP contribution in [0.2, 0.25) is 0 Å². The van der Waals surface area contributed by atoms with Gasteiger partial charge in [-0.05, 0) is 26.2 Å². The van der Waals surface area contributed by atoms with E-state index >= 15 is 0 Å². The van der Waals surface area contributed by atoms with E-state index in [2.05, 4.69) is 15.3 Å². The van der Waals surface area contributed by atoms with Gasteiger partial charge >= 0.3 is 6.18 Å². The summed E-state index contributed by atoms with van der Waals surface area (Å²) in [4.78, 5) is 9.46. The number of hydrogen-bond donors (Lipinski definition) is 1. The van der Waals surface area contributed by atoms with Crippen LogP contribution in [0.15, 0.2) is 6.07 Å². The van der Waals surface area contributed by atoms with E-state index in [0.717, 1.165) is 25.3 Å². The first kappa shape index (κ1) is 13.9. The second-order valence-corrected chi connectivity index (χ2v) is 4.66. The third kappa shape index (κ3) is 3.08. The molecule has 4 nitrogen and oxygen atoms in total. The molecule has 0 amide bonds. The van der Waals surface area contributed by atoms with Crippen molar-refractivity contribution >= 4 is 11.8 Å². The first-order chi connectivity index (χ1) is 8.91. The number of rotatable bonds is 4. The Kier molecular flexibility index (Phi) is 3.82. The first-order valence-electron chi connectivity index (χ1n) is 6.34. The monoisotopic (exact) mass is 274 g/mol. The van der Waals surface area contributed by atoms with Crippen LogP contribution in [0.4, 0.5) is 24.9 Å². The molecule has 19 heavy (non-hydrogen) atoms. The summed E-state index contributed by atoms with van der Waals surface area (Å²) in [7, 11) is 1.78. The number of halogens is 3. The van der Waals surface area contributed by atoms with Gasteiger partial charge in [-0.2, -0.15) is 18.2 Å². The maximum Gasteiger partial charge on any atom is 0.433 e. The van der Waals surface area contributed by atoms with Crippen molar-refractivity contribution in [1.29, 1.82) is 0 Å². The molecule has 1 heterocycles. The van der Waals surface area contributed by atoms with Crippen LogP contribution in [0.1, 0.15) is 31.9 Å². The summed E-state index contributed by atoms with van der Waals surface area (Å²) >= 11 is 0.